The van der Waals surface area contributed by atoms with Crippen LogP contribution in [-0.4, -0.2) is 43.8 Å². The molecule has 0 aromatic heterocycles. The molecular formula is C32H38ClN3O4S. The van der Waals surface area contributed by atoms with Crippen molar-refractivity contribution in [2.45, 2.75) is 75.9 Å². The van der Waals surface area contributed by atoms with Crippen molar-refractivity contribution in [3.63, 3.8) is 0 Å². The van der Waals surface area contributed by atoms with E-state index in [1.54, 1.807) is 54.6 Å². The van der Waals surface area contributed by atoms with Crippen molar-refractivity contribution < 1.29 is 18.0 Å². The summed E-state index contributed by atoms with van der Waals surface area (Å²) in [5, 5.41) is 3.63. The van der Waals surface area contributed by atoms with Crippen LogP contribution >= 0.6 is 11.6 Å². The average molecular weight is 596 g/mol. The van der Waals surface area contributed by atoms with Gasteiger partial charge in [-0.2, -0.15) is 0 Å². The zero-order chi connectivity index (χ0) is 29.4. The molecule has 3 aromatic rings. The van der Waals surface area contributed by atoms with Crippen molar-refractivity contribution in [2.24, 2.45) is 0 Å². The molecule has 1 N–H and O–H groups in total. The lowest BCUT2D eigenvalue weighted by Gasteiger charge is -2.34. The van der Waals surface area contributed by atoms with E-state index in [2.05, 4.69) is 5.32 Å². The molecule has 0 bridgehead atoms. The molecule has 2 amide bonds. The number of carbonyl (C=O) groups excluding carboxylic acids is 2. The van der Waals surface area contributed by atoms with Crippen LogP contribution in [-0.2, 0) is 26.2 Å². The van der Waals surface area contributed by atoms with Crippen LogP contribution in [0, 0.1) is 6.92 Å². The molecule has 1 aliphatic carbocycles. The number of nitrogens with one attached hydrogen (secondary N) is 1. The summed E-state index contributed by atoms with van der Waals surface area (Å²) in [5.41, 5.74) is 2.01. The van der Waals surface area contributed by atoms with Gasteiger partial charge in [-0.3, -0.25) is 13.9 Å². The average Bonchev–Trinajstić information content (AvgIpc) is 2.98. The fourth-order valence-electron chi connectivity index (χ4n) is 5.23. The quantitative estimate of drug-likeness (QED) is 0.290. The van der Waals surface area contributed by atoms with Gasteiger partial charge in [0.05, 0.1) is 10.6 Å². The Bertz CT molecular complexity index is 1420. The number of carbonyl (C=O) groups is 2. The molecule has 4 rings (SSSR count). The van der Waals surface area contributed by atoms with Crippen LogP contribution in [0.5, 0.6) is 0 Å². The van der Waals surface area contributed by atoms with Crippen LogP contribution < -0.4 is 9.62 Å². The Balaban J connectivity index is 1.70. The van der Waals surface area contributed by atoms with Crippen LogP contribution in [0.15, 0.2) is 83.8 Å². The number of aryl methyl sites for hydroxylation is 1. The van der Waals surface area contributed by atoms with Crippen LogP contribution in [0.3, 0.4) is 0 Å². The number of hydrogen-bond acceptors (Lipinski definition) is 4. The summed E-state index contributed by atoms with van der Waals surface area (Å²) in [4.78, 5) is 29.3. The van der Waals surface area contributed by atoms with E-state index in [1.807, 2.05) is 26.0 Å². The number of anilines is 1. The lowest BCUT2D eigenvalue weighted by Crippen LogP contribution is -2.54. The molecule has 218 valence electrons. The molecule has 1 saturated carbocycles. The van der Waals surface area contributed by atoms with Crippen molar-refractivity contribution in [3.05, 3.63) is 95.0 Å². The lowest BCUT2D eigenvalue weighted by atomic mass is 9.95. The van der Waals surface area contributed by atoms with Crippen LogP contribution in [0.4, 0.5) is 5.69 Å². The minimum Gasteiger partial charge on any atom is -0.352 e. The molecule has 0 saturated heterocycles. The van der Waals surface area contributed by atoms with E-state index in [0.717, 1.165) is 42.0 Å². The number of benzene rings is 3. The fourth-order valence-corrected chi connectivity index (χ4v) is 6.86. The Morgan fingerprint density at radius 3 is 2.20 bits per heavy atom. The Morgan fingerprint density at radius 2 is 1.56 bits per heavy atom. The van der Waals surface area contributed by atoms with E-state index in [-0.39, 0.29) is 23.4 Å². The van der Waals surface area contributed by atoms with Gasteiger partial charge in [0.1, 0.15) is 12.6 Å². The molecule has 9 heteroatoms. The summed E-state index contributed by atoms with van der Waals surface area (Å²) in [6.45, 7) is 3.36. The highest BCUT2D eigenvalue weighted by Crippen LogP contribution is 2.26. The lowest BCUT2D eigenvalue weighted by molar-refractivity contribution is -0.140. The predicted molar refractivity (Wildman–Crippen MR) is 163 cm³/mol. The van der Waals surface area contributed by atoms with Gasteiger partial charge in [0.15, 0.2) is 0 Å². The third-order valence-electron chi connectivity index (χ3n) is 7.57. The molecular weight excluding hydrogens is 558 g/mol. The van der Waals surface area contributed by atoms with Gasteiger partial charge < -0.3 is 10.2 Å². The maximum absolute atomic E-state index is 14.2. The topological polar surface area (TPSA) is 86.8 Å². The minimum atomic E-state index is -4.09. The van der Waals surface area contributed by atoms with Gasteiger partial charge in [0.25, 0.3) is 10.0 Å². The SMILES string of the molecule is CC[C@H](C(=O)NC1CCCCC1)N(Cc1ccccc1Cl)C(=O)CN(c1ccc(C)cc1)S(=O)(=O)c1ccccc1. The maximum Gasteiger partial charge on any atom is 0.264 e. The van der Waals surface area contributed by atoms with Crippen molar-refractivity contribution in [3.8, 4) is 0 Å². The molecule has 7 nitrogen and oxygen atoms in total. The fraction of sp³-hybridized carbons (Fsp3) is 0.375. The maximum atomic E-state index is 14.2. The highest BCUT2D eigenvalue weighted by Gasteiger charge is 2.34. The Labute approximate surface area is 248 Å². The summed E-state index contributed by atoms with van der Waals surface area (Å²) in [6.07, 6.45) is 5.48. The highest BCUT2D eigenvalue weighted by molar-refractivity contribution is 7.92. The Hall–Kier alpha value is -3.36. The number of rotatable bonds is 11. The van der Waals surface area contributed by atoms with Crippen molar-refractivity contribution >= 4 is 39.1 Å². The largest absolute Gasteiger partial charge is 0.352 e. The third-order valence-corrected chi connectivity index (χ3v) is 9.72. The first-order chi connectivity index (χ1) is 19.7. The molecule has 41 heavy (non-hydrogen) atoms. The summed E-state index contributed by atoms with van der Waals surface area (Å²) < 4.78 is 28.9. The van der Waals surface area contributed by atoms with E-state index >= 15 is 0 Å². The summed E-state index contributed by atoms with van der Waals surface area (Å²) in [7, 11) is -4.09. The highest BCUT2D eigenvalue weighted by atomic mass is 35.5. The predicted octanol–water partition coefficient (Wildman–Crippen LogP) is 6.10. The van der Waals surface area contributed by atoms with E-state index in [1.165, 1.54) is 17.0 Å². The zero-order valence-electron chi connectivity index (χ0n) is 23.6. The van der Waals surface area contributed by atoms with Gasteiger partial charge in [-0.05, 0) is 62.1 Å². The second kappa shape index (κ2) is 14.0. The normalized spacial score (nSPS) is 14.7. The van der Waals surface area contributed by atoms with Gasteiger partial charge in [0, 0.05) is 17.6 Å². The van der Waals surface area contributed by atoms with Crippen LogP contribution in [0.1, 0.15) is 56.6 Å². The standard InChI is InChI=1S/C32H38ClN3O4S/c1-3-30(32(38)34-26-13-6-4-7-14-26)35(22-25-12-10-11-17-29(25)33)31(37)23-36(27-20-18-24(2)19-21-27)41(39,40)28-15-8-5-9-16-28/h5,8-12,15-21,26,30H,3-4,6-7,13-14,22-23H2,1-2H3,(H,34,38)/t30-/m1/s1. The van der Waals surface area contributed by atoms with Gasteiger partial charge in [-0.15, -0.1) is 0 Å². The number of sulfonamides is 1. The van der Waals surface area contributed by atoms with E-state index < -0.39 is 28.5 Å². The third kappa shape index (κ3) is 7.68. The second-order valence-electron chi connectivity index (χ2n) is 10.5. The summed E-state index contributed by atoms with van der Waals surface area (Å²) in [5.74, 6) is -0.719. The van der Waals surface area contributed by atoms with Gasteiger partial charge in [-0.1, -0.05) is 91.9 Å². The van der Waals surface area contributed by atoms with E-state index in [0.29, 0.717) is 22.7 Å². The summed E-state index contributed by atoms with van der Waals surface area (Å²) >= 11 is 6.48. The van der Waals surface area contributed by atoms with Crippen molar-refractivity contribution in [1.82, 2.24) is 10.2 Å². The van der Waals surface area contributed by atoms with Crippen molar-refractivity contribution in [2.75, 3.05) is 10.8 Å². The molecule has 0 aliphatic heterocycles. The first kappa shape index (κ1) is 30.6. The molecule has 3 aromatic carbocycles. The number of halogens is 1. The molecule has 1 fully saturated rings. The molecule has 1 aliphatic rings. The molecule has 0 spiro atoms. The Morgan fingerprint density at radius 1 is 0.927 bits per heavy atom. The van der Waals surface area contributed by atoms with Gasteiger partial charge in [-0.25, -0.2) is 8.42 Å². The van der Waals surface area contributed by atoms with Gasteiger partial charge >= 0.3 is 0 Å². The molecule has 1 atom stereocenters. The molecule has 0 unspecified atom stereocenters. The van der Waals surface area contributed by atoms with Crippen molar-refractivity contribution in [1.29, 1.82) is 0 Å². The van der Waals surface area contributed by atoms with Gasteiger partial charge in [0.2, 0.25) is 11.8 Å². The molecule has 0 radical (unpaired) electrons. The monoisotopic (exact) mass is 595 g/mol. The smallest absolute Gasteiger partial charge is 0.264 e. The minimum absolute atomic E-state index is 0.0716. The Kier molecular flexibility index (Phi) is 10.5. The zero-order valence-corrected chi connectivity index (χ0v) is 25.2. The number of nitrogens with zero attached hydrogens (tertiary/aromatic N) is 2. The van der Waals surface area contributed by atoms with E-state index in [9.17, 15) is 18.0 Å². The number of amides is 2. The van der Waals surface area contributed by atoms with Crippen LogP contribution in [0.25, 0.3) is 0 Å². The van der Waals surface area contributed by atoms with E-state index in [4.69, 9.17) is 11.6 Å². The first-order valence-corrected chi connectivity index (χ1v) is 16.0. The van der Waals surface area contributed by atoms with Crippen LogP contribution in [0.2, 0.25) is 5.02 Å². The summed E-state index contributed by atoms with van der Waals surface area (Å²) in [6, 6.07) is 21.5. The first-order valence-electron chi connectivity index (χ1n) is 14.2. The molecule has 0 heterocycles. The second-order valence-corrected chi connectivity index (χ2v) is 12.8. The number of hydrogen-bond donors (Lipinski definition) is 1.